The van der Waals surface area contributed by atoms with Crippen LogP contribution < -0.4 is 10.1 Å². The Hall–Kier alpha value is -3.03. The van der Waals surface area contributed by atoms with Crippen molar-refractivity contribution in [3.8, 4) is 5.75 Å². The van der Waals surface area contributed by atoms with Gasteiger partial charge in [-0.1, -0.05) is 6.07 Å². The van der Waals surface area contributed by atoms with E-state index in [1.165, 1.54) is 25.3 Å². The molecule has 1 rings (SSSR count). The zero-order valence-corrected chi connectivity index (χ0v) is 12.2. The normalized spacial score (nSPS) is 10.6. The van der Waals surface area contributed by atoms with Gasteiger partial charge in [-0.15, -0.1) is 0 Å². The Labute approximate surface area is 126 Å². The number of hydrogen-bond donors (Lipinski definition) is 2. The highest BCUT2D eigenvalue weighted by atomic mass is 16.5. The molecule has 0 bridgehead atoms. The SMILES string of the molecule is COC(=O)/C=C(/Nc1cccc(OC)c1C(=O)O)C(=O)OC. The number of nitrogens with one attached hydrogen (secondary N) is 1. The molecule has 22 heavy (non-hydrogen) atoms. The fourth-order valence-electron chi connectivity index (χ4n) is 1.60. The summed E-state index contributed by atoms with van der Waals surface area (Å²) >= 11 is 0. The number of anilines is 1. The third-order valence-corrected chi connectivity index (χ3v) is 2.60. The van der Waals surface area contributed by atoms with Crippen molar-refractivity contribution in [2.75, 3.05) is 26.6 Å². The molecule has 2 N–H and O–H groups in total. The third-order valence-electron chi connectivity index (χ3n) is 2.60. The van der Waals surface area contributed by atoms with Crippen molar-refractivity contribution in [2.45, 2.75) is 0 Å². The molecule has 0 spiro atoms. The second kappa shape index (κ2) is 7.67. The Morgan fingerprint density at radius 1 is 1.14 bits per heavy atom. The molecule has 0 aliphatic heterocycles. The van der Waals surface area contributed by atoms with Gasteiger partial charge in [-0.05, 0) is 12.1 Å². The molecule has 0 heterocycles. The molecule has 0 saturated carbocycles. The van der Waals surface area contributed by atoms with Crippen LogP contribution in [0.3, 0.4) is 0 Å². The van der Waals surface area contributed by atoms with Crippen LogP contribution >= 0.6 is 0 Å². The van der Waals surface area contributed by atoms with E-state index in [9.17, 15) is 19.5 Å². The Bertz CT molecular complexity index is 622. The lowest BCUT2D eigenvalue weighted by molar-refractivity contribution is -0.138. The first-order valence-corrected chi connectivity index (χ1v) is 5.99. The fraction of sp³-hybridized carbons (Fsp3) is 0.214. The fourth-order valence-corrected chi connectivity index (χ4v) is 1.60. The lowest BCUT2D eigenvalue weighted by atomic mass is 10.1. The number of carboxylic acid groups (broad SMARTS) is 1. The van der Waals surface area contributed by atoms with E-state index in [0.29, 0.717) is 0 Å². The summed E-state index contributed by atoms with van der Waals surface area (Å²) in [6, 6.07) is 4.40. The van der Waals surface area contributed by atoms with Crippen molar-refractivity contribution in [3.63, 3.8) is 0 Å². The topological polar surface area (TPSA) is 111 Å². The van der Waals surface area contributed by atoms with E-state index in [1.54, 1.807) is 0 Å². The van der Waals surface area contributed by atoms with Gasteiger partial charge < -0.3 is 24.6 Å². The standard InChI is InChI=1S/C14H15NO7/c1-20-10-6-4-5-8(12(10)13(17)18)15-9(14(19)22-3)7-11(16)21-2/h4-7,15H,1-3H3,(H,17,18)/b9-7+. The summed E-state index contributed by atoms with van der Waals surface area (Å²) < 4.78 is 13.9. The molecule has 0 radical (unpaired) electrons. The number of carbonyl (C=O) groups excluding carboxylic acids is 2. The number of hydrogen-bond acceptors (Lipinski definition) is 7. The molecule has 0 saturated heterocycles. The summed E-state index contributed by atoms with van der Waals surface area (Å²) in [5, 5.41) is 11.8. The highest BCUT2D eigenvalue weighted by Gasteiger charge is 2.20. The lowest BCUT2D eigenvalue weighted by Crippen LogP contribution is -2.17. The predicted octanol–water partition coefficient (Wildman–Crippen LogP) is 1.04. The van der Waals surface area contributed by atoms with Gasteiger partial charge in [-0.25, -0.2) is 14.4 Å². The van der Waals surface area contributed by atoms with Crippen molar-refractivity contribution in [1.29, 1.82) is 0 Å². The Kier molecular flexibility index (Phi) is 5.94. The number of rotatable bonds is 6. The van der Waals surface area contributed by atoms with E-state index in [4.69, 9.17) is 4.74 Å². The molecule has 1 aromatic rings. The molecular weight excluding hydrogens is 294 g/mol. The first kappa shape index (κ1) is 17.0. The lowest BCUT2D eigenvalue weighted by Gasteiger charge is -2.13. The highest BCUT2D eigenvalue weighted by Crippen LogP contribution is 2.27. The minimum Gasteiger partial charge on any atom is -0.496 e. The maximum atomic E-state index is 11.7. The number of aromatic carboxylic acids is 1. The van der Waals surface area contributed by atoms with E-state index in [0.717, 1.165) is 20.3 Å². The van der Waals surface area contributed by atoms with Crippen LogP contribution in [0.5, 0.6) is 5.75 Å². The van der Waals surface area contributed by atoms with E-state index in [2.05, 4.69) is 14.8 Å². The Morgan fingerprint density at radius 2 is 1.82 bits per heavy atom. The average Bonchev–Trinajstić information content (AvgIpc) is 2.52. The number of esters is 2. The van der Waals surface area contributed by atoms with Gasteiger partial charge in [0.25, 0.3) is 0 Å². The molecule has 8 nitrogen and oxygen atoms in total. The van der Waals surface area contributed by atoms with Crippen LogP contribution in [0.15, 0.2) is 30.0 Å². The van der Waals surface area contributed by atoms with Gasteiger partial charge in [-0.3, -0.25) is 0 Å². The number of carboxylic acids is 1. The van der Waals surface area contributed by atoms with Gasteiger partial charge in [0.05, 0.1) is 33.1 Å². The monoisotopic (exact) mass is 309 g/mol. The molecule has 0 amide bonds. The number of methoxy groups -OCH3 is 3. The van der Waals surface area contributed by atoms with Crippen LogP contribution in [0.1, 0.15) is 10.4 Å². The summed E-state index contributed by atoms with van der Waals surface area (Å²) in [4.78, 5) is 34.3. The molecule has 0 unspecified atom stereocenters. The summed E-state index contributed by atoms with van der Waals surface area (Å²) in [6.45, 7) is 0. The van der Waals surface area contributed by atoms with Crippen molar-refractivity contribution < 1.29 is 33.7 Å². The Balaban J connectivity index is 3.30. The highest BCUT2D eigenvalue weighted by molar-refractivity contribution is 6.02. The van der Waals surface area contributed by atoms with Crippen LogP contribution in [-0.4, -0.2) is 44.3 Å². The molecule has 1 aromatic carbocycles. The van der Waals surface area contributed by atoms with E-state index in [-0.39, 0.29) is 22.7 Å². The maximum absolute atomic E-state index is 11.7. The zero-order chi connectivity index (χ0) is 16.7. The van der Waals surface area contributed by atoms with Crippen LogP contribution in [0.2, 0.25) is 0 Å². The van der Waals surface area contributed by atoms with Crippen LogP contribution in [0.25, 0.3) is 0 Å². The molecule has 0 atom stereocenters. The zero-order valence-electron chi connectivity index (χ0n) is 12.2. The summed E-state index contributed by atoms with van der Waals surface area (Å²) in [6.07, 6.45) is 0.858. The molecule has 0 aromatic heterocycles. The maximum Gasteiger partial charge on any atom is 0.354 e. The minimum absolute atomic E-state index is 0.0624. The molecule has 8 heteroatoms. The predicted molar refractivity (Wildman–Crippen MR) is 75.7 cm³/mol. The summed E-state index contributed by atoms with van der Waals surface area (Å²) in [5.41, 5.74) is -0.401. The minimum atomic E-state index is -1.26. The average molecular weight is 309 g/mol. The van der Waals surface area contributed by atoms with Crippen LogP contribution in [0, 0.1) is 0 Å². The van der Waals surface area contributed by atoms with E-state index >= 15 is 0 Å². The second-order valence-electron chi connectivity index (χ2n) is 3.89. The Morgan fingerprint density at radius 3 is 2.32 bits per heavy atom. The summed E-state index contributed by atoms with van der Waals surface area (Å²) in [5.74, 6) is -2.82. The number of benzene rings is 1. The summed E-state index contributed by atoms with van der Waals surface area (Å²) in [7, 11) is 3.58. The number of ether oxygens (including phenoxy) is 3. The van der Waals surface area contributed by atoms with Gasteiger partial charge in [-0.2, -0.15) is 0 Å². The second-order valence-corrected chi connectivity index (χ2v) is 3.89. The largest absolute Gasteiger partial charge is 0.496 e. The van der Waals surface area contributed by atoms with E-state index < -0.39 is 17.9 Å². The van der Waals surface area contributed by atoms with Crippen molar-refractivity contribution in [2.24, 2.45) is 0 Å². The first-order chi connectivity index (χ1) is 10.4. The van der Waals surface area contributed by atoms with Crippen LogP contribution in [0.4, 0.5) is 5.69 Å². The number of carbonyl (C=O) groups is 3. The van der Waals surface area contributed by atoms with Crippen molar-refractivity contribution in [3.05, 3.63) is 35.5 Å². The van der Waals surface area contributed by atoms with Crippen molar-refractivity contribution in [1.82, 2.24) is 0 Å². The van der Waals surface area contributed by atoms with E-state index in [1.807, 2.05) is 0 Å². The first-order valence-electron chi connectivity index (χ1n) is 5.99. The van der Waals surface area contributed by atoms with Gasteiger partial charge in [0.2, 0.25) is 0 Å². The molecule has 118 valence electrons. The molecule has 0 aliphatic rings. The molecular formula is C14H15NO7. The van der Waals surface area contributed by atoms with Crippen LogP contribution in [-0.2, 0) is 19.1 Å². The smallest absolute Gasteiger partial charge is 0.354 e. The van der Waals surface area contributed by atoms with Gasteiger partial charge in [0.15, 0.2) is 0 Å². The van der Waals surface area contributed by atoms with Gasteiger partial charge in [0, 0.05) is 0 Å². The van der Waals surface area contributed by atoms with Gasteiger partial charge >= 0.3 is 17.9 Å². The van der Waals surface area contributed by atoms with Crippen molar-refractivity contribution >= 4 is 23.6 Å². The van der Waals surface area contributed by atoms with Gasteiger partial charge in [0.1, 0.15) is 17.0 Å². The third kappa shape index (κ3) is 3.98. The molecule has 0 aliphatic carbocycles. The molecule has 0 fully saturated rings. The quantitative estimate of drug-likeness (QED) is 0.592.